The van der Waals surface area contributed by atoms with Crippen molar-refractivity contribution >= 4 is 37.5 Å². The van der Waals surface area contributed by atoms with E-state index >= 15 is 0 Å². The Bertz CT molecular complexity index is 1280. The number of carbonyl (C=O) groups is 1. The molecule has 1 N–H and O–H groups in total. The van der Waals surface area contributed by atoms with Crippen LogP contribution in [0.25, 0.3) is 10.2 Å². The first kappa shape index (κ1) is 23.7. The van der Waals surface area contributed by atoms with Gasteiger partial charge in [-0.25, -0.2) is 8.42 Å². The van der Waals surface area contributed by atoms with Gasteiger partial charge in [0, 0.05) is 37.5 Å². The van der Waals surface area contributed by atoms with E-state index in [0.29, 0.717) is 24.0 Å². The van der Waals surface area contributed by atoms with Crippen LogP contribution in [0.5, 0.6) is 0 Å². The Balaban J connectivity index is 1.40. The predicted octanol–water partition coefficient (Wildman–Crippen LogP) is 3.39. The van der Waals surface area contributed by atoms with Crippen molar-refractivity contribution in [2.45, 2.75) is 57.0 Å². The van der Waals surface area contributed by atoms with Crippen molar-refractivity contribution in [1.82, 2.24) is 14.2 Å². The first-order valence-corrected chi connectivity index (χ1v) is 13.4. The number of piperidine rings is 1. The summed E-state index contributed by atoms with van der Waals surface area (Å²) in [5.41, 5.74) is 0.748. The fourth-order valence-electron chi connectivity index (χ4n) is 4.32. The fourth-order valence-corrected chi connectivity index (χ4v) is 6.94. The molecule has 0 bridgehead atoms. The molecule has 1 saturated heterocycles. The molecular weight excluding hydrogens is 462 g/mol. The van der Waals surface area contributed by atoms with Crippen LogP contribution < -0.4 is 10.2 Å². The number of thiazole rings is 1. The molecule has 178 valence electrons. The number of sulfonamides is 1. The van der Waals surface area contributed by atoms with Crippen LogP contribution in [0.4, 0.5) is 0 Å². The van der Waals surface area contributed by atoms with Gasteiger partial charge in [-0.05, 0) is 63.9 Å². The summed E-state index contributed by atoms with van der Waals surface area (Å²) in [6, 6.07) is 8.49. The molecule has 10 heteroatoms. The minimum Gasteiger partial charge on any atom is -0.469 e. The first-order chi connectivity index (χ1) is 15.7. The van der Waals surface area contributed by atoms with Gasteiger partial charge < -0.3 is 9.73 Å². The summed E-state index contributed by atoms with van der Waals surface area (Å²) < 4.78 is 35.5. The van der Waals surface area contributed by atoms with Crippen molar-refractivity contribution in [3.8, 4) is 0 Å². The van der Waals surface area contributed by atoms with E-state index in [1.807, 2.05) is 32.9 Å². The summed E-state index contributed by atoms with van der Waals surface area (Å²) in [6.07, 6.45) is 3.16. The van der Waals surface area contributed by atoms with E-state index < -0.39 is 10.0 Å². The number of rotatable bonds is 7. The molecule has 0 spiro atoms. The molecule has 8 nitrogen and oxygen atoms in total. The second-order valence-electron chi connectivity index (χ2n) is 8.83. The SMILES string of the molecule is CC(C)n1c(=O)sc2cc(S(=O)(=O)N3CCC(C(=O)N[C@H](C)Cc4ccco4)CC3)ccc21. The molecule has 1 aliphatic rings. The topological polar surface area (TPSA) is 102 Å². The number of fused-ring (bicyclic) bond motifs is 1. The summed E-state index contributed by atoms with van der Waals surface area (Å²) in [5.74, 6) is 0.546. The van der Waals surface area contributed by atoms with Gasteiger partial charge in [0.15, 0.2) is 0 Å². The summed E-state index contributed by atoms with van der Waals surface area (Å²) >= 11 is 1.06. The lowest BCUT2D eigenvalue weighted by Crippen LogP contribution is -2.45. The third kappa shape index (κ3) is 4.92. The van der Waals surface area contributed by atoms with E-state index in [4.69, 9.17) is 4.42 Å². The van der Waals surface area contributed by atoms with Crippen molar-refractivity contribution in [1.29, 1.82) is 0 Å². The smallest absolute Gasteiger partial charge is 0.308 e. The van der Waals surface area contributed by atoms with E-state index in [9.17, 15) is 18.0 Å². The number of hydrogen-bond acceptors (Lipinski definition) is 6. The van der Waals surface area contributed by atoms with E-state index in [2.05, 4.69) is 5.32 Å². The second kappa shape index (κ2) is 9.44. The van der Waals surface area contributed by atoms with E-state index in [1.54, 1.807) is 29.0 Å². The molecule has 3 aromatic rings. The molecule has 1 fully saturated rings. The van der Waals surface area contributed by atoms with Crippen molar-refractivity contribution in [3.05, 3.63) is 52.0 Å². The highest BCUT2D eigenvalue weighted by Crippen LogP contribution is 2.28. The van der Waals surface area contributed by atoms with Crippen LogP contribution in [-0.4, -0.2) is 42.3 Å². The minimum absolute atomic E-state index is 0.000631. The van der Waals surface area contributed by atoms with Crippen LogP contribution in [0, 0.1) is 5.92 Å². The molecule has 1 amide bonds. The van der Waals surface area contributed by atoms with Crippen LogP contribution >= 0.6 is 11.3 Å². The highest BCUT2D eigenvalue weighted by Gasteiger charge is 2.32. The Kier molecular flexibility index (Phi) is 6.78. The number of hydrogen-bond donors (Lipinski definition) is 1. The van der Waals surface area contributed by atoms with Gasteiger partial charge in [0.1, 0.15) is 5.76 Å². The molecule has 0 saturated carbocycles. The van der Waals surface area contributed by atoms with Crippen LogP contribution in [0.3, 0.4) is 0 Å². The lowest BCUT2D eigenvalue weighted by atomic mass is 9.96. The van der Waals surface area contributed by atoms with Gasteiger partial charge in [-0.3, -0.25) is 14.2 Å². The zero-order valence-electron chi connectivity index (χ0n) is 19.0. The highest BCUT2D eigenvalue weighted by molar-refractivity contribution is 7.89. The van der Waals surface area contributed by atoms with Crippen molar-refractivity contribution < 1.29 is 17.6 Å². The van der Waals surface area contributed by atoms with Crippen LogP contribution in [-0.2, 0) is 21.2 Å². The Hall–Kier alpha value is -2.43. The largest absolute Gasteiger partial charge is 0.469 e. The quantitative estimate of drug-likeness (QED) is 0.546. The molecule has 3 heterocycles. The molecule has 0 unspecified atom stereocenters. The average Bonchev–Trinajstić information content (AvgIpc) is 3.39. The molecule has 1 aromatic carbocycles. The summed E-state index contributed by atoms with van der Waals surface area (Å²) in [7, 11) is -3.70. The number of amides is 1. The molecule has 1 atom stereocenters. The second-order valence-corrected chi connectivity index (χ2v) is 11.8. The van der Waals surface area contributed by atoms with Gasteiger partial charge >= 0.3 is 4.87 Å². The predicted molar refractivity (Wildman–Crippen MR) is 128 cm³/mol. The molecule has 4 rings (SSSR count). The molecular formula is C23H29N3O5S2. The number of furan rings is 1. The van der Waals surface area contributed by atoms with E-state index in [0.717, 1.165) is 22.6 Å². The lowest BCUT2D eigenvalue weighted by molar-refractivity contribution is -0.126. The van der Waals surface area contributed by atoms with Gasteiger partial charge in [0.05, 0.1) is 21.4 Å². The maximum absolute atomic E-state index is 13.2. The van der Waals surface area contributed by atoms with Crippen LogP contribution in [0.2, 0.25) is 0 Å². The fraction of sp³-hybridized carbons (Fsp3) is 0.478. The van der Waals surface area contributed by atoms with E-state index in [1.165, 1.54) is 4.31 Å². The van der Waals surface area contributed by atoms with E-state index in [-0.39, 0.29) is 46.8 Å². The Labute approximate surface area is 197 Å². The van der Waals surface area contributed by atoms with Gasteiger partial charge in [-0.2, -0.15) is 4.31 Å². The van der Waals surface area contributed by atoms with Crippen molar-refractivity contribution in [3.63, 3.8) is 0 Å². The third-order valence-corrected chi connectivity index (χ3v) is 8.85. The zero-order chi connectivity index (χ0) is 23.8. The average molecular weight is 492 g/mol. The number of benzene rings is 1. The van der Waals surface area contributed by atoms with Gasteiger partial charge in [0.2, 0.25) is 15.9 Å². The number of nitrogens with one attached hydrogen (secondary N) is 1. The Morgan fingerprint density at radius 2 is 1.94 bits per heavy atom. The third-order valence-electron chi connectivity index (χ3n) is 6.04. The van der Waals surface area contributed by atoms with Gasteiger partial charge in [-0.1, -0.05) is 11.3 Å². The first-order valence-electron chi connectivity index (χ1n) is 11.1. The molecule has 1 aliphatic heterocycles. The van der Waals surface area contributed by atoms with Crippen LogP contribution in [0.1, 0.15) is 45.4 Å². The molecule has 2 aromatic heterocycles. The number of carbonyl (C=O) groups excluding carboxylic acids is 1. The summed E-state index contributed by atoms with van der Waals surface area (Å²) in [4.78, 5) is 25.0. The number of aromatic nitrogens is 1. The monoisotopic (exact) mass is 491 g/mol. The minimum atomic E-state index is -3.70. The Morgan fingerprint density at radius 1 is 1.21 bits per heavy atom. The summed E-state index contributed by atoms with van der Waals surface area (Å²) in [6.45, 7) is 6.35. The number of nitrogens with zero attached hydrogens (tertiary/aromatic N) is 2. The molecule has 33 heavy (non-hydrogen) atoms. The van der Waals surface area contributed by atoms with Gasteiger partial charge in [-0.15, -0.1) is 0 Å². The maximum Gasteiger partial charge on any atom is 0.308 e. The molecule has 0 aliphatic carbocycles. The standard InChI is InChI=1S/C23H29N3O5S2/c1-15(2)26-20-7-6-19(14-21(20)32-23(26)28)33(29,30)25-10-8-17(9-11-25)22(27)24-16(3)13-18-5-4-12-31-18/h4-7,12,14-17H,8-11,13H2,1-3H3,(H,24,27)/t16-/m1/s1. The highest BCUT2D eigenvalue weighted by atomic mass is 32.2. The molecule has 0 radical (unpaired) electrons. The van der Waals surface area contributed by atoms with Gasteiger partial charge in [0.25, 0.3) is 0 Å². The maximum atomic E-state index is 13.2. The van der Waals surface area contributed by atoms with Crippen LogP contribution in [0.15, 0.2) is 50.7 Å². The lowest BCUT2D eigenvalue weighted by Gasteiger charge is -2.31. The normalized spacial score (nSPS) is 17.0. The van der Waals surface area contributed by atoms with Crippen molar-refractivity contribution in [2.24, 2.45) is 5.92 Å². The Morgan fingerprint density at radius 3 is 2.58 bits per heavy atom. The summed E-state index contributed by atoms with van der Waals surface area (Å²) in [5, 5.41) is 3.01. The van der Waals surface area contributed by atoms with Crippen molar-refractivity contribution in [2.75, 3.05) is 13.1 Å². The zero-order valence-corrected chi connectivity index (χ0v) is 20.6.